The Morgan fingerprint density at radius 3 is 2.56 bits per heavy atom. The van der Waals surface area contributed by atoms with E-state index < -0.39 is 15.1 Å². The maximum atomic E-state index is 11.6. The van der Waals surface area contributed by atoms with Crippen LogP contribution in [-0.2, 0) is 19.4 Å². The minimum Gasteiger partial charge on any atom is -0.465 e. The number of thioether (sulfide) groups is 1. The van der Waals surface area contributed by atoms with Crippen LogP contribution in [0.3, 0.4) is 0 Å². The van der Waals surface area contributed by atoms with Crippen molar-refractivity contribution in [3.8, 4) is 0 Å². The first-order valence-electron chi connectivity index (χ1n) is 5.48. The van der Waals surface area contributed by atoms with Crippen molar-refractivity contribution in [2.24, 2.45) is 0 Å². The molecule has 0 spiro atoms. The van der Waals surface area contributed by atoms with Gasteiger partial charge in [-0.3, -0.25) is 4.79 Å². The second kappa shape index (κ2) is 6.24. The number of rotatable bonds is 5. The Kier molecular flexibility index (Phi) is 5.22. The van der Waals surface area contributed by atoms with E-state index in [9.17, 15) is 13.2 Å². The van der Waals surface area contributed by atoms with Crippen LogP contribution in [0.15, 0.2) is 34.1 Å². The summed E-state index contributed by atoms with van der Waals surface area (Å²) in [5, 5.41) is -0.437. The van der Waals surface area contributed by atoms with Gasteiger partial charge in [0.2, 0.25) is 0 Å². The van der Waals surface area contributed by atoms with Crippen molar-refractivity contribution in [2.45, 2.75) is 28.9 Å². The fourth-order valence-corrected chi connectivity index (χ4v) is 3.60. The molecule has 0 aromatic heterocycles. The van der Waals surface area contributed by atoms with E-state index in [4.69, 9.17) is 4.74 Å². The SMILES string of the molecule is CCOC(=O)[C@@H](C)Sc1ccccc1S(C)(=O)=O. The molecule has 0 radical (unpaired) electrons. The summed E-state index contributed by atoms with van der Waals surface area (Å²) >= 11 is 1.19. The molecule has 1 atom stereocenters. The number of carbonyl (C=O) groups is 1. The van der Waals surface area contributed by atoms with E-state index >= 15 is 0 Å². The lowest BCUT2D eigenvalue weighted by Gasteiger charge is -2.12. The number of hydrogen-bond acceptors (Lipinski definition) is 5. The van der Waals surface area contributed by atoms with E-state index in [0.29, 0.717) is 11.5 Å². The van der Waals surface area contributed by atoms with Crippen molar-refractivity contribution in [2.75, 3.05) is 12.9 Å². The molecule has 0 bridgehead atoms. The summed E-state index contributed by atoms with van der Waals surface area (Å²) in [7, 11) is -3.29. The van der Waals surface area contributed by atoms with Crippen LogP contribution in [0.4, 0.5) is 0 Å². The van der Waals surface area contributed by atoms with E-state index in [1.54, 1.807) is 32.0 Å². The lowest BCUT2D eigenvalue weighted by Crippen LogP contribution is -2.17. The van der Waals surface area contributed by atoms with Crippen LogP contribution in [0.1, 0.15) is 13.8 Å². The highest BCUT2D eigenvalue weighted by Crippen LogP contribution is 2.30. The van der Waals surface area contributed by atoms with Crippen molar-refractivity contribution >= 4 is 27.6 Å². The Hall–Kier alpha value is -1.01. The molecule has 0 amide bonds. The summed E-state index contributed by atoms with van der Waals surface area (Å²) in [4.78, 5) is 12.3. The number of esters is 1. The fourth-order valence-electron chi connectivity index (χ4n) is 1.35. The number of ether oxygens (including phenoxy) is 1. The van der Waals surface area contributed by atoms with Crippen LogP contribution >= 0.6 is 11.8 Å². The third-order valence-electron chi connectivity index (χ3n) is 2.17. The Labute approximate surface area is 112 Å². The summed E-state index contributed by atoms with van der Waals surface area (Å²) in [6.07, 6.45) is 1.15. The first kappa shape index (κ1) is 15.0. The molecule has 0 fully saturated rings. The predicted octanol–water partition coefficient (Wildman–Crippen LogP) is 2.13. The lowest BCUT2D eigenvalue weighted by atomic mass is 10.4. The zero-order valence-corrected chi connectivity index (χ0v) is 12.2. The van der Waals surface area contributed by atoms with Crippen molar-refractivity contribution in [3.05, 3.63) is 24.3 Å². The van der Waals surface area contributed by atoms with E-state index in [0.717, 1.165) is 6.26 Å². The highest BCUT2D eigenvalue weighted by molar-refractivity contribution is 8.01. The molecular weight excluding hydrogens is 272 g/mol. The molecule has 0 saturated heterocycles. The average Bonchev–Trinajstić information content (AvgIpc) is 2.28. The van der Waals surface area contributed by atoms with Gasteiger partial charge in [-0.1, -0.05) is 12.1 Å². The lowest BCUT2D eigenvalue weighted by molar-refractivity contribution is -0.142. The molecule has 6 heteroatoms. The topological polar surface area (TPSA) is 60.4 Å². The standard InChI is InChI=1S/C12H16O4S2/c1-4-16-12(13)9(2)17-10-7-5-6-8-11(10)18(3,14)15/h5-9H,4H2,1-3H3/t9-/m1/s1. The summed E-state index contributed by atoms with van der Waals surface area (Å²) in [5.74, 6) is -0.342. The molecule has 1 aromatic carbocycles. The molecule has 18 heavy (non-hydrogen) atoms. The summed E-state index contributed by atoms with van der Waals surface area (Å²) < 4.78 is 28.1. The zero-order valence-electron chi connectivity index (χ0n) is 10.5. The van der Waals surface area contributed by atoms with Gasteiger partial charge in [-0.2, -0.15) is 0 Å². The number of carbonyl (C=O) groups excluding carboxylic acids is 1. The largest absolute Gasteiger partial charge is 0.465 e. The maximum Gasteiger partial charge on any atom is 0.319 e. The van der Waals surface area contributed by atoms with Gasteiger partial charge in [0.15, 0.2) is 9.84 Å². The second-order valence-electron chi connectivity index (χ2n) is 3.73. The van der Waals surface area contributed by atoms with Crippen LogP contribution in [0.2, 0.25) is 0 Å². The molecule has 100 valence electrons. The monoisotopic (exact) mass is 288 g/mol. The van der Waals surface area contributed by atoms with E-state index in [1.807, 2.05) is 0 Å². The Morgan fingerprint density at radius 2 is 2.00 bits per heavy atom. The Morgan fingerprint density at radius 1 is 1.39 bits per heavy atom. The predicted molar refractivity (Wildman–Crippen MR) is 71.5 cm³/mol. The normalized spacial score (nSPS) is 13.1. The molecular formula is C12H16O4S2. The second-order valence-corrected chi connectivity index (χ2v) is 7.10. The van der Waals surface area contributed by atoms with Crippen molar-refractivity contribution in [1.82, 2.24) is 0 Å². The molecule has 0 heterocycles. The first-order chi connectivity index (χ1) is 8.36. The van der Waals surface area contributed by atoms with E-state index in [-0.39, 0.29) is 10.9 Å². The average molecular weight is 288 g/mol. The molecule has 0 aliphatic rings. The summed E-state index contributed by atoms with van der Waals surface area (Å²) in [6.45, 7) is 3.75. The van der Waals surface area contributed by atoms with E-state index in [1.165, 1.54) is 17.8 Å². The fraction of sp³-hybridized carbons (Fsp3) is 0.417. The molecule has 0 saturated carbocycles. The highest BCUT2D eigenvalue weighted by Gasteiger charge is 2.20. The number of sulfone groups is 1. The van der Waals surface area contributed by atoms with Gasteiger partial charge in [0, 0.05) is 11.2 Å². The molecule has 4 nitrogen and oxygen atoms in total. The minimum absolute atomic E-state index is 0.242. The quantitative estimate of drug-likeness (QED) is 0.613. The van der Waals surface area contributed by atoms with E-state index in [2.05, 4.69) is 0 Å². The van der Waals surface area contributed by atoms with Gasteiger partial charge in [-0.15, -0.1) is 11.8 Å². The molecule has 1 rings (SSSR count). The Bertz CT molecular complexity index is 523. The third kappa shape index (κ3) is 4.03. The van der Waals surface area contributed by atoms with Crippen LogP contribution in [0.25, 0.3) is 0 Å². The van der Waals surface area contributed by atoms with Crippen LogP contribution in [0, 0.1) is 0 Å². The van der Waals surface area contributed by atoms with Crippen LogP contribution in [-0.4, -0.2) is 32.5 Å². The minimum atomic E-state index is -3.29. The van der Waals surface area contributed by atoms with Gasteiger partial charge < -0.3 is 4.74 Å². The number of hydrogen-bond donors (Lipinski definition) is 0. The van der Waals surface area contributed by atoms with Crippen LogP contribution in [0.5, 0.6) is 0 Å². The highest BCUT2D eigenvalue weighted by atomic mass is 32.2. The van der Waals surface area contributed by atoms with Gasteiger partial charge in [0.1, 0.15) is 5.25 Å². The summed E-state index contributed by atoms with van der Waals surface area (Å²) in [6, 6.07) is 6.64. The van der Waals surface area contributed by atoms with Crippen molar-refractivity contribution < 1.29 is 17.9 Å². The van der Waals surface area contributed by atoms with Crippen molar-refractivity contribution in [3.63, 3.8) is 0 Å². The molecule has 0 aliphatic carbocycles. The smallest absolute Gasteiger partial charge is 0.319 e. The van der Waals surface area contributed by atoms with Gasteiger partial charge in [-0.05, 0) is 26.0 Å². The molecule has 1 aromatic rings. The maximum absolute atomic E-state index is 11.6. The third-order valence-corrected chi connectivity index (χ3v) is 4.61. The van der Waals surface area contributed by atoms with Crippen LogP contribution < -0.4 is 0 Å². The zero-order chi connectivity index (χ0) is 13.8. The Balaban J connectivity index is 2.95. The van der Waals surface area contributed by atoms with Gasteiger partial charge in [0.25, 0.3) is 0 Å². The van der Waals surface area contributed by atoms with Gasteiger partial charge in [-0.25, -0.2) is 8.42 Å². The van der Waals surface area contributed by atoms with Gasteiger partial charge >= 0.3 is 5.97 Å². The first-order valence-corrected chi connectivity index (χ1v) is 8.25. The van der Waals surface area contributed by atoms with Crippen molar-refractivity contribution in [1.29, 1.82) is 0 Å². The number of benzene rings is 1. The molecule has 0 N–H and O–H groups in total. The molecule has 0 unspecified atom stereocenters. The summed E-state index contributed by atoms with van der Waals surface area (Å²) in [5.41, 5.74) is 0. The van der Waals surface area contributed by atoms with Gasteiger partial charge in [0.05, 0.1) is 11.5 Å². The molecule has 0 aliphatic heterocycles.